The number of carbonyl (C=O) groups excluding carboxylic acids is 2. The van der Waals surface area contributed by atoms with Gasteiger partial charge in [-0.05, 0) is 61.0 Å². The normalized spacial score (nSPS) is 11.9. The van der Waals surface area contributed by atoms with Crippen molar-refractivity contribution in [2.24, 2.45) is 0 Å². The highest BCUT2D eigenvalue weighted by Crippen LogP contribution is 2.16. The highest BCUT2D eigenvalue weighted by molar-refractivity contribution is 9.10. The van der Waals surface area contributed by atoms with Gasteiger partial charge >= 0.3 is 5.97 Å². The van der Waals surface area contributed by atoms with E-state index in [-0.39, 0.29) is 23.9 Å². The number of ether oxygens (including phenoxy) is 2. The minimum Gasteiger partial charge on any atom is -0.490 e. The Morgan fingerprint density at radius 1 is 1.06 bits per heavy atom. The molecule has 11 heteroatoms. The Morgan fingerprint density at radius 2 is 1.77 bits per heavy atom. The van der Waals surface area contributed by atoms with Crippen molar-refractivity contribution < 1.29 is 27.5 Å². The van der Waals surface area contributed by atoms with E-state index in [0.29, 0.717) is 23.6 Å². The average molecular weight is 562 g/mol. The van der Waals surface area contributed by atoms with Crippen molar-refractivity contribution in [3.8, 4) is 5.75 Å². The number of aromatic nitrogens is 1. The summed E-state index contributed by atoms with van der Waals surface area (Å²) in [5.74, 6) is -0.580. The first-order valence-electron chi connectivity index (χ1n) is 10.6. The van der Waals surface area contributed by atoms with Gasteiger partial charge in [-0.1, -0.05) is 28.1 Å². The Balaban J connectivity index is 1.74. The van der Waals surface area contributed by atoms with Gasteiger partial charge < -0.3 is 14.8 Å². The molecule has 0 radical (unpaired) electrons. The van der Waals surface area contributed by atoms with Gasteiger partial charge in [0.05, 0.1) is 24.1 Å². The standard InChI is InChI=1S/C24H24BrN3O6S/c1-2-33-23(29)14-17-5-9-19(10-6-17)27-24(30)22(16-34-20-4-3-13-26-15-20)28-35(31,32)21-11-7-18(25)8-12-21/h3-13,15,22,28H,2,14,16H2,1H3,(H,27,30). The summed E-state index contributed by atoms with van der Waals surface area (Å²) in [4.78, 5) is 28.6. The molecular formula is C24H24BrN3O6S. The van der Waals surface area contributed by atoms with E-state index in [1.165, 1.54) is 18.3 Å². The van der Waals surface area contributed by atoms with Crippen LogP contribution in [0.5, 0.6) is 5.75 Å². The number of esters is 1. The van der Waals surface area contributed by atoms with Crippen molar-refractivity contribution in [3.63, 3.8) is 0 Å². The number of sulfonamides is 1. The fourth-order valence-corrected chi connectivity index (χ4v) is 4.40. The van der Waals surface area contributed by atoms with Gasteiger partial charge in [-0.15, -0.1) is 0 Å². The van der Waals surface area contributed by atoms with Crippen molar-refractivity contribution in [1.29, 1.82) is 0 Å². The molecule has 2 N–H and O–H groups in total. The summed E-state index contributed by atoms with van der Waals surface area (Å²) in [6.45, 7) is 1.76. The number of nitrogens with one attached hydrogen (secondary N) is 2. The van der Waals surface area contributed by atoms with E-state index in [0.717, 1.165) is 4.47 Å². The minimum atomic E-state index is -4.02. The molecule has 3 aromatic rings. The molecule has 0 saturated heterocycles. The Hall–Kier alpha value is -3.28. The van der Waals surface area contributed by atoms with E-state index < -0.39 is 22.0 Å². The maximum Gasteiger partial charge on any atom is 0.310 e. The zero-order chi connectivity index (χ0) is 25.3. The predicted molar refractivity (Wildman–Crippen MR) is 133 cm³/mol. The third-order valence-electron chi connectivity index (χ3n) is 4.66. The van der Waals surface area contributed by atoms with E-state index in [1.807, 2.05) is 0 Å². The molecule has 35 heavy (non-hydrogen) atoms. The number of hydrogen-bond donors (Lipinski definition) is 2. The maximum atomic E-state index is 13.0. The van der Waals surface area contributed by atoms with Crippen molar-refractivity contribution in [3.05, 3.63) is 83.1 Å². The molecule has 1 amide bonds. The number of amides is 1. The van der Waals surface area contributed by atoms with Crippen molar-refractivity contribution >= 4 is 43.5 Å². The lowest BCUT2D eigenvalue weighted by Gasteiger charge is -2.19. The molecule has 1 unspecified atom stereocenters. The number of carbonyl (C=O) groups is 2. The van der Waals surface area contributed by atoms with Gasteiger partial charge in [-0.3, -0.25) is 14.6 Å². The SMILES string of the molecule is CCOC(=O)Cc1ccc(NC(=O)C(COc2cccnc2)NS(=O)(=O)c2ccc(Br)cc2)cc1. The summed E-state index contributed by atoms with van der Waals surface area (Å²) in [6, 6.07) is 14.7. The molecular weight excluding hydrogens is 538 g/mol. The monoisotopic (exact) mass is 561 g/mol. The van der Waals surface area contributed by atoms with Crippen LogP contribution in [-0.4, -0.2) is 44.5 Å². The largest absolute Gasteiger partial charge is 0.490 e. The molecule has 184 valence electrons. The van der Waals surface area contributed by atoms with Gasteiger partial charge in [0.25, 0.3) is 0 Å². The van der Waals surface area contributed by atoms with Crippen LogP contribution in [0.25, 0.3) is 0 Å². The third kappa shape index (κ3) is 8.16. The van der Waals surface area contributed by atoms with Crippen LogP contribution in [0.15, 0.2) is 82.4 Å². The molecule has 1 heterocycles. The van der Waals surface area contributed by atoms with Crippen LogP contribution in [0.3, 0.4) is 0 Å². The quantitative estimate of drug-likeness (QED) is 0.344. The summed E-state index contributed by atoms with van der Waals surface area (Å²) >= 11 is 3.27. The lowest BCUT2D eigenvalue weighted by molar-refractivity contribution is -0.142. The van der Waals surface area contributed by atoms with Gasteiger partial charge in [0.2, 0.25) is 15.9 Å². The second-order valence-electron chi connectivity index (χ2n) is 7.30. The Bertz CT molecular complexity index is 1240. The maximum absolute atomic E-state index is 13.0. The molecule has 9 nitrogen and oxygen atoms in total. The van der Waals surface area contributed by atoms with Crippen LogP contribution in [0.2, 0.25) is 0 Å². The molecule has 0 bridgehead atoms. The Morgan fingerprint density at radius 3 is 2.40 bits per heavy atom. The number of anilines is 1. The molecule has 0 saturated carbocycles. The second kappa shape index (κ2) is 12.4. The summed E-state index contributed by atoms with van der Waals surface area (Å²) in [5, 5.41) is 2.68. The smallest absolute Gasteiger partial charge is 0.310 e. The van der Waals surface area contributed by atoms with Crippen LogP contribution >= 0.6 is 15.9 Å². The minimum absolute atomic E-state index is 0.00296. The average Bonchev–Trinajstić information content (AvgIpc) is 2.84. The van der Waals surface area contributed by atoms with Crippen molar-refractivity contribution in [2.75, 3.05) is 18.5 Å². The summed E-state index contributed by atoms with van der Waals surface area (Å²) < 4.78 is 39.5. The molecule has 0 aliphatic heterocycles. The third-order valence-corrected chi connectivity index (χ3v) is 6.68. The summed E-state index contributed by atoms with van der Waals surface area (Å²) in [6.07, 6.45) is 3.13. The zero-order valence-corrected chi connectivity index (χ0v) is 21.2. The molecule has 0 aliphatic rings. The molecule has 1 aromatic heterocycles. The fraction of sp³-hybridized carbons (Fsp3) is 0.208. The van der Waals surface area contributed by atoms with Crippen LogP contribution in [0.1, 0.15) is 12.5 Å². The molecule has 1 atom stereocenters. The van der Waals surface area contributed by atoms with Crippen molar-refractivity contribution in [1.82, 2.24) is 9.71 Å². The number of benzene rings is 2. The van der Waals surface area contributed by atoms with E-state index in [9.17, 15) is 18.0 Å². The lowest BCUT2D eigenvalue weighted by Crippen LogP contribution is -2.47. The van der Waals surface area contributed by atoms with E-state index in [4.69, 9.17) is 9.47 Å². The highest BCUT2D eigenvalue weighted by Gasteiger charge is 2.27. The van der Waals surface area contributed by atoms with Gasteiger partial charge in [0, 0.05) is 16.4 Å². The van der Waals surface area contributed by atoms with Crippen LogP contribution in [0.4, 0.5) is 5.69 Å². The molecule has 0 aliphatic carbocycles. The molecule has 0 fully saturated rings. The van der Waals surface area contributed by atoms with E-state index >= 15 is 0 Å². The first-order chi connectivity index (χ1) is 16.8. The first-order valence-corrected chi connectivity index (χ1v) is 12.9. The highest BCUT2D eigenvalue weighted by atomic mass is 79.9. The molecule has 2 aromatic carbocycles. The lowest BCUT2D eigenvalue weighted by atomic mass is 10.1. The topological polar surface area (TPSA) is 124 Å². The van der Waals surface area contributed by atoms with E-state index in [2.05, 4.69) is 31.0 Å². The summed E-state index contributed by atoms with van der Waals surface area (Å²) in [7, 11) is -4.02. The second-order valence-corrected chi connectivity index (χ2v) is 9.93. The number of rotatable bonds is 11. The molecule has 3 rings (SSSR count). The van der Waals surface area contributed by atoms with Crippen LogP contribution in [-0.2, 0) is 30.8 Å². The number of halogens is 1. The van der Waals surface area contributed by atoms with Gasteiger partial charge in [-0.2, -0.15) is 4.72 Å². The Kier molecular flexibility index (Phi) is 9.35. The fourth-order valence-electron chi connectivity index (χ4n) is 2.96. The van der Waals surface area contributed by atoms with Crippen molar-refractivity contribution in [2.45, 2.75) is 24.3 Å². The van der Waals surface area contributed by atoms with Crippen LogP contribution < -0.4 is 14.8 Å². The number of hydrogen-bond acceptors (Lipinski definition) is 7. The summed E-state index contributed by atoms with van der Waals surface area (Å²) in [5.41, 5.74) is 1.14. The Labute approximate surface area is 212 Å². The molecule has 0 spiro atoms. The van der Waals surface area contributed by atoms with Crippen LogP contribution in [0, 0.1) is 0 Å². The first kappa shape index (κ1) is 26.3. The zero-order valence-electron chi connectivity index (χ0n) is 18.8. The number of pyridine rings is 1. The van der Waals surface area contributed by atoms with E-state index in [1.54, 1.807) is 61.7 Å². The van der Waals surface area contributed by atoms with Gasteiger partial charge in [-0.25, -0.2) is 8.42 Å². The van der Waals surface area contributed by atoms with Gasteiger partial charge in [0.15, 0.2) is 0 Å². The predicted octanol–water partition coefficient (Wildman–Crippen LogP) is 3.31. The van der Waals surface area contributed by atoms with Gasteiger partial charge in [0.1, 0.15) is 18.4 Å². The number of nitrogens with zero attached hydrogens (tertiary/aromatic N) is 1.